The number of hydrogen-bond acceptors (Lipinski definition) is 4. The minimum absolute atomic E-state index is 0.205. The van der Waals surface area contributed by atoms with Crippen LogP contribution < -0.4 is 10.6 Å². The van der Waals surface area contributed by atoms with Gasteiger partial charge in [0, 0.05) is 10.7 Å². The number of aromatic nitrogens is 3. The molecular weight excluding hydrogens is 418 g/mol. The fourth-order valence-electron chi connectivity index (χ4n) is 2.99. The zero-order chi connectivity index (χ0) is 21.1. The summed E-state index contributed by atoms with van der Waals surface area (Å²) in [6.45, 7) is 1.95. The zero-order valence-electron chi connectivity index (χ0n) is 16.1. The Morgan fingerprint density at radius 3 is 2.40 bits per heavy atom. The van der Waals surface area contributed by atoms with Gasteiger partial charge < -0.3 is 10.6 Å². The standard InChI is InChI=1S/C22H18ClN5OS/c1-14-11-19-20(27-28(26-19)17-5-3-2-4-6-17)13-18(14)24-22(30)25-21(29)12-15-7-9-16(23)10-8-15/h2-11,13H,12H2,1H3,(H2,24,25,29,30). The topological polar surface area (TPSA) is 71.8 Å². The van der Waals surface area contributed by atoms with Crippen LogP contribution in [-0.2, 0) is 11.2 Å². The highest BCUT2D eigenvalue weighted by molar-refractivity contribution is 7.80. The molecule has 0 fully saturated rings. The van der Waals surface area contributed by atoms with E-state index in [4.69, 9.17) is 23.8 Å². The number of halogens is 1. The smallest absolute Gasteiger partial charge is 0.230 e. The van der Waals surface area contributed by atoms with Crippen molar-refractivity contribution in [3.63, 3.8) is 0 Å². The summed E-state index contributed by atoms with van der Waals surface area (Å²) in [5, 5.41) is 15.7. The highest BCUT2D eigenvalue weighted by Crippen LogP contribution is 2.22. The van der Waals surface area contributed by atoms with Crippen molar-refractivity contribution in [1.82, 2.24) is 20.3 Å². The number of hydrogen-bond donors (Lipinski definition) is 2. The maximum Gasteiger partial charge on any atom is 0.230 e. The maximum atomic E-state index is 12.3. The fraction of sp³-hybridized carbons (Fsp3) is 0.0909. The number of amides is 1. The molecule has 0 aliphatic carbocycles. The van der Waals surface area contributed by atoms with Gasteiger partial charge in [-0.15, -0.1) is 10.2 Å². The second-order valence-corrected chi connectivity index (χ2v) is 7.63. The number of fused-ring (bicyclic) bond motifs is 1. The summed E-state index contributed by atoms with van der Waals surface area (Å²) in [5.41, 5.74) is 4.94. The highest BCUT2D eigenvalue weighted by Gasteiger charge is 2.11. The van der Waals surface area contributed by atoms with E-state index < -0.39 is 0 Å². The number of aryl methyl sites for hydroxylation is 1. The van der Waals surface area contributed by atoms with E-state index in [1.807, 2.05) is 61.5 Å². The van der Waals surface area contributed by atoms with Gasteiger partial charge in [0.2, 0.25) is 5.91 Å². The van der Waals surface area contributed by atoms with Crippen molar-refractivity contribution in [3.05, 3.63) is 82.9 Å². The largest absolute Gasteiger partial charge is 0.332 e. The van der Waals surface area contributed by atoms with Gasteiger partial charge in [0.05, 0.1) is 12.1 Å². The van der Waals surface area contributed by atoms with Gasteiger partial charge in [0.1, 0.15) is 11.0 Å². The van der Waals surface area contributed by atoms with E-state index in [-0.39, 0.29) is 17.4 Å². The van der Waals surface area contributed by atoms with Gasteiger partial charge >= 0.3 is 0 Å². The van der Waals surface area contributed by atoms with Crippen molar-refractivity contribution in [2.75, 3.05) is 5.32 Å². The summed E-state index contributed by atoms with van der Waals surface area (Å²) < 4.78 is 0. The van der Waals surface area contributed by atoms with Crippen molar-refractivity contribution in [2.24, 2.45) is 0 Å². The highest BCUT2D eigenvalue weighted by atomic mass is 35.5. The van der Waals surface area contributed by atoms with E-state index in [1.165, 1.54) is 0 Å². The average Bonchev–Trinajstić information content (AvgIpc) is 3.13. The predicted octanol–water partition coefficient (Wildman–Crippen LogP) is 4.44. The Hall–Kier alpha value is -3.29. The first-order valence-electron chi connectivity index (χ1n) is 9.26. The number of nitrogens with one attached hydrogen (secondary N) is 2. The monoisotopic (exact) mass is 435 g/mol. The van der Waals surface area contributed by atoms with Crippen molar-refractivity contribution in [3.8, 4) is 5.69 Å². The summed E-state index contributed by atoms with van der Waals surface area (Å²) in [4.78, 5) is 13.9. The summed E-state index contributed by atoms with van der Waals surface area (Å²) >= 11 is 11.2. The molecule has 1 amide bonds. The van der Waals surface area contributed by atoms with Crippen LogP contribution >= 0.6 is 23.8 Å². The lowest BCUT2D eigenvalue weighted by Gasteiger charge is -2.11. The van der Waals surface area contributed by atoms with Gasteiger partial charge in [-0.05, 0) is 66.7 Å². The molecule has 0 unspecified atom stereocenters. The summed E-state index contributed by atoms with van der Waals surface area (Å²) in [7, 11) is 0. The van der Waals surface area contributed by atoms with E-state index in [2.05, 4.69) is 20.8 Å². The number of benzene rings is 3. The van der Waals surface area contributed by atoms with E-state index in [0.717, 1.165) is 33.5 Å². The molecule has 0 aliphatic heterocycles. The number of nitrogens with zero attached hydrogens (tertiary/aromatic N) is 3. The minimum atomic E-state index is -0.205. The molecule has 0 aliphatic rings. The molecule has 3 aromatic carbocycles. The van der Waals surface area contributed by atoms with Crippen molar-refractivity contribution < 1.29 is 4.79 Å². The molecular formula is C22H18ClN5OS. The van der Waals surface area contributed by atoms with E-state index >= 15 is 0 Å². The normalized spacial score (nSPS) is 10.7. The summed E-state index contributed by atoms with van der Waals surface area (Å²) in [6.07, 6.45) is 0.211. The number of rotatable bonds is 4. The van der Waals surface area contributed by atoms with Gasteiger partial charge in [0.15, 0.2) is 5.11 Å². The molecule has 150 valence electrons. The molecule has 6 nitrogen and oxygen atoms in total. The first-order valence-corrected chi connectivity index (χ1v) is 10.0. The molecule has 0 saturated heterocycles. The Bertz CT molecular complexity index is 1220. The molecule has 0 atom stereocenters. The van der Waals surface area contributed by atoms with Gasteiger partial charge in [-0.3, -0.25) is 4.79 Å². The van der Waals surface area contributed by atoms with Crippen LogP contribution in [0.5, 0.6) is 0 Å². The van der Waals surface area contributed by atoms with E-state index in [1.54, 1.807) is 16.9 Å². The Labute approximate surface area is 183 Å². The van der Waals surface area contributed by atoms with Crippen LogP contribution in [0.15, 0.2) is 66.7 Å². The SMILES string of the molecule is Cc1cc2nn(-c3ccccc3)nc2cc1NC(=S)NC(=O)Cc1ccc(Cl)cc1. The van der Waals surface area contributed by atoms with Crippen molar-refractivity contribution in [2.45, 2.75) is 13.3 Å². The maximum absolute atomic E-state index is 12.3. The predicted molar refractivity (Wildman–Crippen MR) is 123 cm³/mol. The molecule has 1 heterocycles. The fourth-order valence-corrected chi connectivity index (χ4v) is 3.34. The second-order valence-electron chi connectivity index (χ2n) is 6.79. The Balaban J connectivity index is 1.46. The van der Waals surface area contributed by atoms with E-state index in [0.29, 0.717) is 5.02 Å². The van der Waals surface area contributed by atoms with Crippen molar-refractivity contribution in [1.29, 1.82) is 0 Å². The first kappa shape index (κ1) is 20.0. The third-order valence-corrected chi connectivity index (χ3v) is 4.95. The van der Waals surface area contributed by atoms with E-state index in [9.17, 15) is 4.79 Å². The third-order valence-electron chi connectivity index (χ3n) is 4.49. The van der Waals surface area contributed by atoms with Crippen LogP contribution in [0.2, 0.25) is 5.02 Å². The van der Waals surface area contributed by atoms with Gasteiger partial charge in [-0.2, -0.15) is 4.80 Å². The third kappa shape index (κ3) is 4.64. The molecule has 30 heavy (non-hydrogen) atoms. The Morgan fingerprint density at radius 2 is 1.70 bits per heavy atom. The summed E-state index contributed by atoms with van der Waals surface area (Å²) in [5.74, 6) is -0.205. The molecule has 4 rings (SSSR count). The Morgan fingerprint density at radius 1 is 1.03 bits per heavy atom. The van der Waals surface area contributed by atoms with Crippen LogP contribution in [0.4, 0.5) is 5.69 Å². The lowest BCUT2D eigenvalue weighted by atomic mass is 10.1. The quantitative estimate of drug-likeness (QED) is 0.464. The molecule has 0 saturated carbocycles. The van der Waals surface area contributed by atoms with Crippen LogP contribution in [0.25, 0.3) is 16.7 Å². The van der Waals surface area contributed by atoms with Crippen molar-refractivity contribution >= 4 is 51.6 Å². The first-order chi connectivity index (χ1) is 14.5. The van der Waals surface area contributed by atoms with Gasteiger partial charge in [0.25, 0.3) is 0 Å². The molecule has 2 N–H and O–H groups in total. The molecule has 0 bridgehead atoms. The Kier molecular flexibility index (Phi) is 5.74. The molecule has 4 aromatic rings. The second kappa shape index (κ2) is 8.61. The van der Waals surface area contributed by atoms with Crippen LogP contribution in [0.3, 0.4) is 0 Å². The van der Waals surface area contributed by atoms with Gasteiger partial charge in [-0.1, -0.05) is 41.9 Å². The molecule has 0 spiro atoms. The molecule has 8 heteroatoms. The number of carbonyl (C=O) groups excluding carboxylic acids is 1. The van der Waals surface area contributed by atoms with Crippen LogP contribution in [0.1, 0.15) is 11.1 Å². The lowest BCUT2D eigenvalue weighted by molar-refractivity contribution is -0.119. The number of anilines is 1. The van der Waals surface area contributed by atoms with Crippen LogP contribution in [-0.4, -0.2) is 26.0 Å². The molecule has 0 radical (unpaired) electrons. The van der Waals surface area contributed by atoms with Crippen LogP contribution in [0, 0.1) is 6.92 Å². The minimum Gasteiger partial charge on any atom is -0.332 e. The molecule has 1 aromatic heterocycles. The number of carbonyl (C=O) groups is 1. The lowest BCUT2D eigenvalue weighted by Crippen LogP contribution is -2.35. The zero-order valence-corrected chi connectivity index (χ0v) is 17.7. The van der Waals surface area contributed by atoms with Gasteiger partial charge in [-0.25, -0.2) is 0 Å². The number of para-hydroxylation sites is 1. The number of thiocarbonyl (C=S) groups is 1. The average molecular weight is 436 g/mol. The summed E-state index contributed by atoms with van der Waals surface area (Å²) in [6, 6.07) is 20.6.